The maximum absolute atomic E-state index is 6.88. The molecule has 2 aliphatic heterocycles. The first kappa shape index (κ1) is 27.9. The summed E-state index contributed by atoms with van der Waals surface area (Å²) in [5, 5.41) is 0.881. The van der Waals surface area contributed by atoms with Crippen molar-refractivity contribution < 1.29 is 18.6 Å². The summed E-state index contributed by atoms with van der Waals surface area (Å²) in [6.45, 7) is 18.7. The van der Waals surface area contributed by atoms with Gasteiger partial charge in [0, 0.05) is 0 Å². The van der Waals surface area contributed by atoms with Crippen LogP contribution in [-0.2, 0) is 18.6 Å². The molecule has 0 saturated carbocycles. The van der Waals surface area contributed by atoms with E-state index in [4.69, 9.17) is 18.6 Å². The Morgan fingerprint density at radius 3 is 2.24 bits per heavy atom. The third-order valence-electron chi connectivity index (χ3n) is 7.20. The second kappa shape index (κ2) is 13.0. The molecule has 0 aromatic heterocycles. The molecule has 1 saturated heterocycles. The van der Waals surface area contributed by atoms with Crippen molar-refractivity contribution in [3.05, 3.63) is 55.1 Å². The van der Waals surface area contributed by atoms with Crippen LogP contribution in [0.15, 0.2) is 55.1 Å². The van der Waals surface area contributed by atoms with E-state index in [0.29, 0.717) is 38.2 Å². The van der Waals surface area contributed by atoms with Crippen molar-refractivity contribution in [1.29, 1.82) is 0 Å². The van der Waals surface area contributed by atoms with E-state index in [1.807, 2.05) is 6.08 Å². The quantitative estimate of drug-likeness (QED) is 0.263. The molecular formula is C28H44O4SeSi. The molecular weight excluding hydrogens is 507 g/mol. The molecule has 6 heteroatoms. The van der Waals surface area contributed by atoms with Gasteiger partial charge >= 0.3 is 215 Å². The predicted molar refractivity (Wildman–Crippen MR) is 144 cm³/mol. The molecule has 0 bridgehead atoms. The van der Waals surface area contributed by atoms with Gasteiger partial charge in [0.2, 0.25) is 0 Å². The zero-order chi connectivity index (χ0) is 24.7. The molecule has 0 radical (unpaired) electrons. The summed E-state index contributed by atoms with van der Waals surface area (Å²) in [6.07, 6.45) is 7.46. The van der Waals surface area contributed by atoms with E-state index < -0.39 is 8.32 Å². The molecule has 4 nitrogen and oxygen atoms in total. The number of fused-ring (bicyclic) bond motifs is 1. The molecule has 5 atom stereocenters. The van der Waals surface area contributed by atoms with Crippen LogP contribution in [0.2, 0.25) is 21.9 Å². The van der Waals surface area contributed by atoms with Gasteiger partial charge in [-0.25, -0.2) is 0 Å². The molecule has 2 aliphatic rings. The Morgan fingerprint density at radius 2 is 1.62 bits per heavy atom. The van der Waals surface area contributed by atoms with Crippen LogP contribution < -0.4 is 4.46 Å². The Bertz CT molecular complexity index is 760. The molecule has 3 rings (SSSR count). The molecule has 0 unspecified atom stereocenters. The fourth-order valence-corrected chi connectivity index (χ4v) is 12.9. The van der Waals surface area contributed by atoms with Crippen LogP contribution in [0.3, 0.4) is 0 Å². The summed E-state index contributed by atoms with van der Waals surface area (Å²) in [4.78, 5) is 0. The van der Waals surface area contributed by atoms with Crippen molar-refractivity contribution in [2.45, 2.75) is 107 Å². The number of benzene rings is 1. The first-order valence-corrected chi connectivity index (χ1v) is 17.0. The fraction of sp³-hybridized carbons (Fsp3) is 0.643. The van der Waals surface area contributed by atoms with Gasteiger partial charge in [-0.1, -0.05) is 0 Å². The summed E-state index contributed by atoms with van der Waals surface area (Å²) >= 11 is 0.303. The molecule has 0 aliphatic carbocycles. The first-order chi connectivity index (χ1) is 16.3. The van der Waals surface area contributed by atoms with E-state index in [1.165, 1.54) is 4.46 Å². The van der Waals surface area contributed by atoms with Crippen LogP contribution in [0.4, 0.5) is 0 Å². The Morgan fingerprint density at radius 1 is 0.971 bits per heavy atom. The van der Waals surface area contributed by atoms with Crippen LogP contribution >= 0.6 is 0 Å². The molecule has 1 aromatic rings. The molecule has 1 fully saturated rings. The third kappa shape index (κ3) is 6.73. The van der Waals surface area contributed by atoms with Crippen molar-refractivity contribution in [1.82, 2.24) is 0 Å². The van der Waals surface area contributed by atoms with Crippen molar-refractivity contribution in [2.24, 2.45) is 0 Å². The second-order valence-electron chi connectivity index (χ2n) is 10.4. The SMILES string of the molecule is C=C[C@H]1O[C@@H](C[Se]c2ccccc2)O[C@H]2C/C=C\C[C@@H](CO[Si](C(C)C)(C(C)C)C(C)C)O[C@@H]21. The number of rotatable bonds is 10. The zero-order valence-electron chi connectivity index (χ0n) is 21.8. The topological polar surface area (TPSA) is 36.9 Å². The summed E-state index contributed by atoms with van der Waals surface area (Å²) in [6, 6.07) is 10.6. The summed E-state index contributed by atoms with van der Waals surface area (Å²) in [5.74, 6) is 0. The van der Waals surface area contributed by atoms with Gasteiger partial charge in [0.15, 0.2) is 0 Å². The van der Waals surface area contributed by atoms with E-state index in [1.54, 1.807) is 0 Å². The standard InChI is InChI=1S/C28H44O4SeSi/c1-8-25-28-26(32-27(31-25)19-33-24-15-10-9-11-16-24)17-13-12-14-23(30-28)18-29-34(20(2)3,21(4)5)22(6)7/h8-13,15-16,20-23,25-28H,1,14,17-19H2,2-7H3/b13-12-/t23-,25+,26-,27+,28+/m0/s1. The van der Waals surface area contributed by atoms with Gasteiger partial charge in [-0.3, -0.25) is 0 Å². The van der Waals surface area contributed by atoms with E-state index in [2.05, 4.69) is 90.6 Å². The Hall–Kier alpha value is -0.724. The molecule has 34 heavy (non-hydrogen) atoms. The van der Waals surface area contributed by atoms with E-state index in [0.717, 1.165) is 18.2 Å². The predicted octanol–water partition coefficient (Wildman–Crippen LogP) is 6.03. The molecule has 190 valence electrons. The fourth-order valence-electron chi connectivity index (χ4n) is 5.67. The van der Waals surface area contributed by atoms with Crippen LogP contribution in [0.1, 0.15) is 54.4 Å². The zero-order valence-corrected chi connectivity index (χ0v) is 24.5. The van der Waals surface area contributed by atoms with Crippen LogP contribution in [0.5, 0.6) is 0 Å². The maximum atomic E-state index is 6.88. The van der Waals surface area contributed by atoms with Crippen LogP contribution in [-0.4, -0.2) is 60.6 Å². The average molecular weight is 552 g/mol. The molecule has 1 aromatic carbocycles. The minimum absolute atomic E-state index is 0.00749. The van der Waals surface area contributed by atoms with Gasteiger partial charge in [0.05, 0.1) is 0 Å². The Balaban J connectivity index is 1.67. The summed E-state index contributed by atoms with van der Waals surface area (Å²) in [7, 11) is -1.95. The molecule has 2 heterocycles. The number of hydrogen-bond acceptors (Lipinski definition) is 4. The summed E-state index contributed by atoms with van der Waals surface area (Å²) in [5.41, 5.74) is 1.66. The van der Waals surface area contributed by atoms with Crippen molar-refractivity contribution in [2.75, 3.05) is 6.61 Å². The van der Waals surface area contributed by atoms with Gasteiger partial charge in [0.1, 0.15) is 0 Å². The monoisotopic (exact) mass is 552 g/mol. The second-order valence-corrected chi connectivity index (χ2v) is 18.1. The molecule has 0 amide bonds. The summed E-state index contributed by atoms with van der Waals surface area (Å²) < 4.78 is 27.7. The number of hydrogen-bond donors (Lipinski definition) is 0. The van der Waals surface area contributed by atoms with E-state index in [-0.39, 0.29) is 30.7 Å². The van der Waals surface area contributed by atoms with E-state index in [9.17, 15) is 0 Å². The van der Waals surface area contributed by atoms with Gasteiger partial charge in [-0.05, 0) is 0 Å². The van der Waals surface area contributed by atoms with Crippen molar-refractivity contribution in [3.8, 4) is 0 Å². The first-order valence-electron chi connectivity index (χ1n) is 12.8. The van der Waals surface area contributed by atoms with Crippen molar-refractivity contribution >= 4 is 27.7 Å². The molecule has 0 spiro atoms. The third-order valence-corrected chi connectivity index (χ3v) is 15.5. The van der Waals surface area contributed by atoms with Gasteiger partial charge in [-0.15, -0.1) is 0 Å². The normalized spacial score (nSPS) is 29.0. The Labute approximate surface area is 214 Å². The van der Waals surface area contributed by atoms with Crippen LogP contribution in [0.25, 0.3) is 0 Å². The minimum atomic E-state index is -1.95. The Kier molecular flexibility index (Phi) is 10.7. The average Bonchev–Trinajstić information content (AvgIpc) is 2.79. The molecule has 0 N–H and O–H groups in total. The van der Waals surface area contributed by atoms with Gasteiger partial charge in [-0.2, -0.15) is 0 Å². The van der Waals surface area contributed by atoms with Crippen LogP contribution in [0, 0.1) is 0 Å². The van der Waals surface area contributed by atoms with Crippen molar-refractivity contribution in [3.63, 3.8) is 0 Å². The van der Waals surface area contributed by atoms with E-state index >= 15 is 0 Å². The van der Waals surface area contributed by atoms with Gasteiger partial charge < -0.3 is 0 Å². The number of ether oxygens (including phenoxy) is 3. The van der Waals surface area contributed by atoms with Gasteiger partial charge in [0.25, 0.3) is 0 Å².